The van der Waals surface area contributed by atoms with Crippen LogP contribution in [0.2, 0.25) is 0 Å². The van der Waals surface area contributed by atoms with Gasteiger partial charge in [0.25, 0.3) is 0 Å². The summed E-state index contributed by atoms with van der Waals surface area (Å²) in [5, 5.41) is 12.6. The van der Waals surface area contributed by atoms with Gasteiger partial charge in [0.15, 0.2) is 0 Å². The molecule has 0 aromatic heterocycles. The van der Waals surface area contributed by atoms with E-state index in [1.807, 2.05) is 0 Å². The summed E-state index contributed by atoms with van der Waals surface area (Å²) in [7, 11) is 0. The number of benzene rings is 2. The van der Waals surface area contributed by atoms with Crippen molar-refractivity contribution in [1.82, 2.24) is 0 Å². The summed E-state index contributed by atoms with van der Waals surface area (Å²) in [5.41, 5.74) is 3.62. The lowest BCUT2D eigenvalue weighted by molar-refractivity contribution is 0.299. The Hall–Kier alpha value is -1.80. The van der Waals surface area contributed by atoms with E-state index >= 15 is 0 Å². The molecule has 0 bridgehead atoms. The van der Waals surface area contributed by atoms with Crippen molar-refractivity contribution in [1.29, 1.82) is 0 Å². The molecule has 2 nitrogen and oxygen atoms in total. The predicted octanol–water partition coefficient (Wildman–Crippen LogP) is 4.42. The average Bonchev–Trinajstić information content (AvgIpc) is 2.49. The largest absolute Gasteiger partial charge is 0.396 e. The minimum Gasteiger partial charge on any atom is -0.396 e. The molecule has 1 atom stereocenters. The Kier molecular flexibility index (Phi) is 5.82. The first kappa shape index (κ1) is 15.6. The van der Waals surface area contributed by atoms with E-state index in [9.17, 15) is 0 Å². The molecule has 2 rings (SSSR count). The summed E-state index contributed by atoms with van der Waals surface area (Å²) in [6.07, 6.45) is 1.82. The first-order valence-electron chi connectivity index (χ1n) is 7.70. The van der Waals surface area contributed by atoms with Gasteiger partial charge in [-0.1, -0.05) is 56.3 Å². The maximum absolute atomic E-state index is 8.97. The maximum Gasteiger partial charge on any atom is 0.0516 e. The topological polar surface area (TPSA) is 32.3 Å². The van der Waals surface area contributed by atoms with Crippen LogP contribution in [0.1, 0.15) is 37.4 Å². The zero-order valence-electron chi connectivity index (χ0n) is 12.9. The van der Waals surface area contributed by atoms with E-state index in [4.69, 9.17) is 5.11 Å². The van der Waals surface area contributed by atoms with E-state index in [0.29, 0.717) is 18.4 Å². The average molecular weight is 283 g/mol. The normalized spacial score (nSPS) is 12.4. The van der Waals surface area contributed by atoms with Gasteiger partial charge in [-0.05, 0) is 42.0 Å². The van der Waals surface area contributed by atoms with E-state index in [0.717, 1.165) is 12.1 Å². The van der Waals surface area contributed by atoms with Crippen molar-refractivity contribution in [3.05, 3.63) is 65.7 Å². The molecule has 112 valence electrons. The van der Waals surface area contributed by atoms with Crippen molar-refractivity contribution in [3.8, 4) is 0 Å². The van der Waals surface area contributed by atoms with Crippen LogP contribution in [0.4, 0.5) is 5.69 Å². The van der Waals surface area contributed by atoms with Gasteiger partial charge in [-0.15, -0.1) is 0 Å². The van der Waals surface area contributed by atoms with E-state index < -0.39 is 0 Å². The molecule has 2 aromatic carbocycles. The number of rotatable bonds is 7. The highest BCUT2D eigenvalue weighted by Crippen LogP contribution is 2.26. The second-order valence-corrected chi connectivity index (χ2v) is 5.91. The standard InChI is InChI=1S/C19H25NO/c1-15(2)14-19(17-6-4-3-5-7-17)20-18-10-8-16(9-11-18)12-13-21/h3-11,15,19-21H,12-14H2,1-2H3. The third-order valence-electron chi connectivity index (χ3n) is 3.60. The molecule has 0 fully saturated rings. The third-order valence-corrected chi connectivity index (χ3v) is 3.60. The first-order valence-corrected chi connectivity index (χ1v) is 7.70. The summed E-state index contributed by atoms with van der Waals surface area (Å²) in [6.45, 7) is 4.71. The summed E-state index contributed by atoms with van der Waals surface area (Å²) < 4.78 is 0. The molecule has 21 heavy (non-hydrogen) atoms. The molecule has 2 heteroatoms. The lowest BCUT2D eigenvalue weighted by Crippen LogP contribution is -2.13. The van der Waals surface area contributed by atoms with Crippen molar-refractivity contribution >= 4 is 5.69 Å². The minimum atomic E-state index is 0.201. The third kappa shape index (κ3) is 4.91. The van der Waals surface area contributed by atoms with Crippen molar-refractivity contribution in [2.45, 2.75) is 32.7 Å². The molecule has 2 aromatic rings. The highest BCUT2D eigenvalue weighted by molar-refractivity contribution is 5.47. The maximum atomic E-state index is 8.97. The monoisotopic (exact) mass is 283 g/mol. The second-order valence-electron chi connectivity index (χ2n) is 5.91. The predicted molar refractivity (Wildman–Crippen MR) is 89.5 cm³/mol. The van der Waals surface area contributed by atoms with Crippen molar-refractivity contribution < 1.29 is 5.11 Å². The van der Waals surface area contributed by atoms with Crippen molar-refractivity contribution in [2.24, 2.45) is 5.92 Å². The molecular weight excluding hydrogens is 258 g/mol. The van der Waals surface area contributed by atoms with Crippen LogP contribution in [0.3, 0.4) is 0 Å². The molecule has 0 aliphatic carbocycles. The van der Waals surface area contributed by atoms with Crippen LogP contribution in [0, 0.1) is 5.92 Å². The molecule has 0 spiro atoms. The van der Waals surface area contributed by atoms with E-state index in [2.05, 4.69) is 73.8 Å². The van der Waals surface area contributed by atoms with Crippen LogP contribution in [0.15, 0.2) is 54.6 Å². The van der Waals surface area contributed by atoms with Gasteiger partial charge >= 0.3 is 0 Å². The summed E-state index contributed by atoms with van der Waals surface area (Å²) in [4.78, 5) is 0. The van der Waals surface area contributed by atoms with Gasteiger partial charge in [-0.25, -0.2) is 0 Å². The molecule has 0 amide bonds. The molecule has 0 radical (unpaired) electrons. The van der Waals surface area contributed by atoms with Crippen LogP contribution in [-0.4, -0.2) is 11.7 Å². The summed E-state index contributed by atoms with van der Waals surface area (Å²) in [6, 6.07) is 19.3. The molecule has 0 aliphatic rings. The number of hydrogen-bond acceptors (Lipinski definition) is 2. The van der Waals surface area contributed by atoms with Crippen molar-refractivity contribution in [2.75, 3.05) is 11.9 Å². The van der Waals surface area contributed by atoms with Gasteiger partial charge in [0.05, 0.1) is 6.04 Å². The zero-order valence-corrected chi connectivity index (χ0v) is 12.9. The smallest absolute Gasteiger partial charge is 0.0516 e. The van der Waals surface area contributed by atoms with Gasteiger partial charge < -0.3 is 10.4 Å². The van der Waals surface area contributed by atoms with Crippen LogP contribution in [0.25, 0.3) is 0 Å². The number of aliphatic hydroxyl groups is 1. The Labute approximate surface area is 127 Å². The van der Waals surface area contributed by atoms with E-state index in [-0.39, 0.29) is 6.61 Å². The lowest BCUT2D eigenvalue weighted by Gasteiger charge is -2.22. The lowest BCUT2D eigenvalue weighted by atomic mass is 9.96. The van der Waals surface area contributed by atoms with Crippen molar-refractivity contribution in [3.63, 3.8) is 0 Å². The number of hydrogen-bond donors (Lipinski definition) is 2. The molecular formula is C19H25NO. The number of nitrogens with one attached hydrogen (secondary N) is 1. The molecule has 1 unspecified atom stereocenters. The molecule has 0 saturated heterocycles. The SMILES string of the molecule is CC(C)CC(Nc1ccc(CCO)cc1)c1ccccc1. The van der Waals surface area contributed by atoms with Crippen LogP contribution < -0.4 is 5.32 Å². The fraction of sp³-hybridized carbons (Fsp3) is 0.368. The Balaban J connectivity index is 2.11. The Bertz CT molecular complexity index is 519. The number of aliphatic hydroxyl groups excluding tert-OH is 1. The second kappa shape index (κ2) is 7.84. The van der Waals surface area contributed by atoms with Gasteiger partial charge in [0.2, 0.25) is 0 Å². The summed E-state index contributed by atoms with van der Waals surface area (Å²) in [5.74, 6) is 0.636. The Morgan fingerprint density at radius 3 is 2.19 bits per heavy atom. The van der Waals surface area contributed by atoms with Gasteiger partial charge in [0, 0.05) is 12.3 Å². The van der Waals surface area contributed by atoms with E-state index in [1.54, 1.807) is 0 Å². The van der Waals surface area contributed by atoms with E-state index in [1.165, 1.54) is 11.1 Å². The van der Waals surface area contributed by atoms with Crippen LogP contribution >= 0.6 is 0 Å². The van der Waals surface area contributed by atoms with Crippen LogP contribution in [-0.2, 0) is 6.42 Å². The van der Waals surface area contributed by atoms with Gasteiger partial charge in [-0.3, -0.25) is 0 Å². The molecule has 0 saturated carbocycles. The van der Waals surface area contributed by atoms with Gasteiger partial charge in [-0.2, -0.15) is 0 Å². The fourth-order valence-corrected chi connectivity index (χ4v) is 2.53. The first-order chi connectivity index (χ1) is 10.2. The quantitative estimate of drug-likeness (QED) is 0.788. The molecule has 0 aliphatic heterocycles. The molecule has 2 N–H and O–H groups in total. The fourth-order valence-electron chi connectivity index (χ4n) is 2.53. The Morgan fingerprint density at radius 1 is 0.952 bits per heavy atom. The zero-order chi connectivity index (χ0) is 15.1. The minimum absolute atomic E-state index is 0.201. The van der Waals surface area contributed by atoms with Gasteiger partial charge in [0.1, 0.15) is 0 Å². The number of anilines is 1. The summed E-state index contributed by atoms with van der Waals surface area (Å²) >= 11 is 0. The Morgan fingerprint density at radius 2 is 1.62 bits per heavy atom. The highest BCUT2D eigenvalue weighted by Gasteiger charge is 2.12. The highest BCUT2D eigenvalue weighted by atomic mass is 16.2. The molecule has 0 heterocycles. The van der Waals surface area contributed by atoms with Crippen LogP contribution in [0.5, 0.6) is 0 Å².